The summed E-state index contributed by atoms with van der Waals surface area (Å²) in [6.07, 6.45) is 2.09. The Kier molecular flexibility index (Phi) is 2.69. The van der Waals surface area contributed by atoms with Crippen molar-refractivity contribution in [2.24, 2.45) is 5.73 Å². The number of pyridine rings is 1. The van der Waals surface area contributed by atoms with Crippen LogP contribution in [0.1, 0.15) is 6.42 Å². The summed E-state index contributed by atoms with van der Waals surface area (Å²) in [6.45, 7) is 0.507. The molecule has 1 aliphatic rings. The first kappa shape index (κ1) is 11.4. The van der Waals surface area contributed by atoms with E-state index in [0.717, 1.165) is 16.6 Å². The molecular formula is C13H12ClN3O. The Labute approximate surface area is 109 Å². The summed E-state index contributed by atoms with van der Waals surface area (Å²) in [5.41, 5.74) is 7.37. The summed E-state index contributed by atoms with van der Waals surface area (Å²) < 4.78 is 0. The van der Waals surface area contributed by atoms with Gasteiger partial charge in [0.25, 0.3) is 0 Å². The van der Waals surface area contributed by atoms with Crippen molar-refractivity contribution in [1.29, 1.82) is 0 Å². The lowest BCUT2D eigenvalue weighted by molar-refractivity contribution is -0.117. The van der Waals surface area contributed by atoms with Gasteiger partial charge in [-0.25, -0.2) is 0 Å². The van der Waals surface area contributed by atoms with E-state index in [9.17, 15) is 4.79 Å². The van der Waals surface area contributed by atoms with Crippen LogP contribution in [0.15, 0.2) is 30.5 Å². The zero-order valence-electron chi connectivity index (χ0n) is 9.64. The average Bonchev–Trinajstić information content (AvgIpc) is 2.68. The zero-order valence-corrected chi connectivity index (χ0v) is 10.4. The lowest BCUT2D eigenvalue weighted by Crippen LogP contribution is -2.28. The number of anilines is 1. The summed E-state index contributed by atoms with van der Waals surface area (Å²) >= 11 is 6.23. The summed E-state index contributed by atoms with van der Waals surface area (Å²) in [6, 6.07) is 7.24. The fraction of sp³-hybridized carbons (Fsp3) is 0.231. The number of fused-ring (bicyclic) bond motifs is 1. The Morgan fingerprint density at radius 2 is 2.22 bits per heavy atom. The number of nitrogens with two attached hydrogens (primary N) is 1. The molecular weight excluding hydrogens is 250 g/mol. The van der Waals surface area contributed by atoms with Crippen molar-refractivity contribution >= 4 is 34.1 Å². The molecule has 0 radical (unpaired) electrons. The second-order valence-electron chi connectivity index (χ2n) is 4.43. The molecule has 5 heteroatoms. The second kappa shape index (κ2) is 4.23. The predicted molar refractivity (Wildman–Crippen MR) is 71.7 cm³/mol. The van der Waals surface area contributed by atoms with E-state index >= 15 is 0 Å². The Morgan fingerprint density at radius 1 is 1.39 bits per heavy atom. The van der Waals surface area contributed by atoms with E-state index < -0.39 is 0 Å². The van der Waals surface area contributed by atoms with Crippen LogP contribution >= 0.6 is 11.6 Å². The molecule has 1 aromatic carbocycles. The minimum Gasteiger partial charge on any atom is -0.326 e. The highest BCUT2D eigenvalue weighted by Crippen LogP contribution is 2.35. The third kappa shape index (κ3) is 1.74. The monoisotopic (exact) mass is 261 g/mol. The van der Waals surface area contributed by atoms with E-state index in [2.05, 4.69) is 4.98 Å². The minimum atomic E-state index is -0.125. The molecule has 0 bridgehead atoms. The number of aromatic nitrogens is 1. The van der Waals surface area contributed by atoms with Gasteiger partial charge in [0.15, 0.2) is 0 Å². The van der Waals surface area contributed by atoms with E-state index in [1.165, 1.54) is 0 Å². The number of nitrogens with zero attached hydrogens (tertiary/aromatic N) is 2. The highest BCUT2D eigenvalue weighted by molar-refractivity contribution is 6.35. The first-order valence-corrected chi connectivity index (χ1v) is 6.14. The Morgan fingerprint density at radius 3 is 2.94 bits per heavy atom. The number of rotatable bonds is 1. The van der Waals surface area contributed by atoms with Crippen LogP contribution in [0.25, 0.3) is 10.9 Å². The van der Waals surface area contributed by atoms with Gasteiger partial charge in [0.1, 0.15) is 0 Å². The van der Waals surface area contributed by atoms with Gasteiger partial charge in [0.05, 0.1) is 16.2 Å². The minimum absolute atomic E-state index is 0.0146. The molecule has 1 aliphatic heterocycles. The molecule has 2 N–H and O–H groups in total. The van der Waals surface area contributed by atoms with Gasteiger partial charge in [-0.2, -0.15) is 0 Å². The number of halogens is 1. The summed E-state index contributed by atoms with van der Waals surface area (Å²) in [7, 11) is 0. The molecule has 92 valence electrons. The van der Waals surface area contributed by atoms with Gasteiger partial charge < -0.3 is 10.6 Å². The van der Waals surface area contributed by atoms with Gasteiger partial charge in [-0.15, -0.1) is 0 Å². The smallest absolute Gasteiger partial charge is 0.228 e. The Balaban J connectivity index is 2.22. The van der Waals surface area contributed by atoms with Crippen LogP contribution in [-0.4, -0.2) is 23.5 Å². The second-order valence-corrected chi connectivity index (χ2v) is 4.84. The molecule has 0 spiro atoms. The van der Waals surface area contributed by atoms with Crippen molar-refractivity contribution in [3.8, 4) is 0 Å². The molecule has 1 aromatic heterocycles. The van der Waals surface area contributed by atoms with Gasteiger partial charge in [-0.1, -0.05) is 11.6 Å². The molecule has 1 unspecified atom stereocenters. The van der Waals surface area contributed by atoms with Crippen LogP contribution in [0.3, 0.4) is 0 Å². The normalized spacial score (nSPS) is 19.8. The van der Waals surface area contributed by atoms with Gasteiger partial charge in [0.2, 0.25) is 5.91 Å². The molecule has 4 nitrogen and oxygen atoms in total. The molecule has 2 aromatic rings. The third-order valence-electron chi connectivity index (χ3n) is 3.13. The van der Waals surface area contributed by atoms with Crippen molar-refractivity contribution < 1.29 is 4.79 Å². The van der Waals surface area contributed by atoms with Crippen molar-refractivity contribution in [2.75, 3.05) is 11.4 Å². The maximum absolute atomic E-state index is 11.9. The van der Waals surface area contributed by atoms with Crippen LogP contribution in [0.2, 0.25) is 5.02 Å². The Hall–Kier alpha value is -1.65. The number of hydrogen-bond acceptors (Lipinski definition) is 3. The topological polar surface area (TPSA) is 59.2 Å². The number of amides is 1. The van der Waals surface area contributed by atoms with Crippen molar-refractivity contribution in [3.05, 3.63) is 35.5 Å². The molecule has 3 rings (SSSR count). The molecule has 18 heavy (non-hydrogen) atoms. The van der Waals surface area contributed by atoms with Crippen LogP contribution in [0.5, 0.6) is 0 Å². The van der Waals surface area contributed by atoms with Gasteiger partial charge in [0, 0.05) is 30.6 Å². The van der Waals surface area contributed by atoms with Crippen LogP contribution in [-0.2, 0) is 4.79 Å². The standard InChI is InChI=1S/C13H12ClN3O/c14-10-3-4-11-9(2-1-5-16-11)13(10)17-7-8(15)6-12(17)18/h1-5,8H,6-7,15H2. The Bertz CT molecular complexity index is 629. The molecule has 1 atom stereocenters. The maximum Gasteiger partial charge on any atom is 0.228 e. The van der Waals surface area contributed by atoms with E-state index in [1.807, 2.05) is 18.2 Å². The zero-order chi connectivity index (χ0) is 12.7. The first-order valence-electron chi connectivity index (χ1n) is 5.76. The summed E-state index contributed by atoms with van der Waals surface area (Å²) in [5.74, 6) is 0.0146. The lowest BCUT2D eigenvalue weighted by atomic mass is 10.1. The van der Waals surface area contributed by atoms with E-state index in [-0.39, 0.29) is 11.9 Å². The predicted octanol–water partition coefficient (Wildman–Crippen LogP) is 1.95. The van der Waals surface area contributed by atoms with E-state index in [1.54, 1.807) is 17.2 Å². The van der Waals surface area contributed by atoms with Crippen LogP contribution < -0.4 is 10.6 Å². The molecule has 2 heterocycles. The number of carbonyl (C=O) groups excluding carboxylic acids is 1. The highest BCUT2D eigenvalue weighted by atomic mass is 35.5. The van der Waals surface area contributed by atoms with Crippen LogP contribution in [0, 0.1) is 0 Å². The maximum atomic E-state index is 11.9. The summed E-state index contributed by atoms with van der Waals surface area (Å²) in [4.78, 5) is 17.9. The van der Waals surface area contributed by atoms with Crippen molar-refractivity contribution in [1.82, 2.24) is 4.98 Å². The molecule has 0 aliphatic carbocycles. The van der Waals surface area contributed by atoms with Gasteiger partial charge >= 0.3 is 0 Å². The SMILES string of the molecule is NC1CC(=O)N(c2c(Cl)ccc3ncccc23)C1. The fourth-order valence-electron chi connectivity index (χ4n) is 2.34. The van der Waals surface area contributed by atoms with Crippen LogP contribution in [0.4, 0.5) is 5.69 Å². The fourth-order valence-corrected chi connectivity index (χ4v) is 2.60. The summed E-state index contributed by atoms with van der Waals surface area (Å²) in [5, 5.41) is 1.44. The number of carbonyl (C=O) groups is 1. The molecule has 1 amide bonds. The van der Waals surface area contributed by atoms with E-state index in [4.69, 9.17) is 17.3 Å². The van der Waals surface area contributed by atoms with Gasteiger partial charge in [-0.05, 0) is 24.3 Å². The van der Waals surface area contributed by atoms with Crippen molar-refractivity contribution in [3.63, 3.8) is 0 Å². The van der Waals surface area contributed by atoms with Crippen molar-refractivity contribution in [2.45, 2.75) is 12.5 Å². The average molecular weight is 262 g/mol. The number of hydrogen-bond donors (Lipinski definition) is 1. The highest BCUT2D eigenvalue weighted by Gasteiger charge is 2.30. The van der Waals surface area contributed by atoms with Gasteiger partial charge in [-0.3, -0.25) is 9.78 Å². The molecule has 1 fully saturated rings. The lowest BCUT2D eigenvalue weighted by Gasteiger charge is -2.19. The largest absolute Gasteiger partial charge is 0.326 e. The van der Waals surface area contributed by atoms with E-state index in [0.29, 0.717) is 18.0 Å². The first-order chi connectivity index (χ1) is 8.66. The molecule has 0 saturated carbocycles. The molecule has 1 saturated heterocycles. The quantitative estimate of drug-likeness (QED) is 0.854. The third-order valence-corrected chi connectivity index (χ3v) is 3.44. The number of benzene rings is 1.